The molecule has 1 N–H and O–H groups in total. The molecule has 0 saturated heterocycles. The quantitative estimate of drug-likeness (QED) is 0.725. The molecule has 1 atom stereocenters. The van der Waals surface area contributed by atoms with E-state index in [0.29, 0.717) is 0 Å². The van der Waals surface area contributed by atoms with E-state index in [4.69, 9.17) is 0 Å². The van der Waals surface area contributed by atoms with Gasteiger partial charge in [0.05, 0.1) is 6.10 Å². The van der Waals surface area contributed by atoms with Crippen LogP contribution >= 0.6 is 0 Å². The van der Waals surface area contributed by atoms with Gasteiger partial charge in [-0.3, -0.25) is 0 Å². The van der Waals surface area contributed by atoms with Crippen molar-refractivity contribution in [3.05, 3.63) is 0 Å². The molecule has 0 aliphatic heterocycles. The van der Waals surface area contributed by atoms with Gasteiger partial charge in [0.25, 0.3) is 0 Å². The van der Waals surface area contributed by atoms with Crippen molar-refractivity contribution in [2.45, 2.75) is 51.1 Å². The molecule has 2 aliphatic rings. The van der Waals surface area contributed by atoms with Crippen LogP contribution in [0.15, 0.2) is 0 Å². The van der Waals surface area contributed by atoms with E-state index < -0.39 is 5.92 Å². The Bertz CT molecular complexity index is 201. The fourth-order valence-electron chi connectivity index (χ4n) is 2.46. The van der Waals surface area contributed by atoms with Crippen LogP contribution in [0.5, 0.6) is 0 Å². The molecule has 2 rings (SSSR count). The first kappa shape index (κ1) is 9.38. The van der Waals surface area contributed by atoms with Crippen LogP contribution in [-0.2, 0) is 0 Å². The summed E-state index contributed by atoms with van der Waals surface area (Å²) in [5, 5.41) is 9.45. The highest BCUT2D eigenvalue weighted by atomic mass is 19.3. The van der Waals surface area contributed by atoms with Gasteiger partial charge in [0.2, 0.25) is 5.92 Å². The van der Waals surface area contributed by atoms with Gasteiger partial charge in [0, 0.05) is 12.8 Å². The molecule has 0 heterocycles. The summed E-state index contributed by atoms with van der Waals surface area (Å²) < 4.78 is 25.0. The van der Waals surface area contributed by atoms with E-state index >= 15 is 0 Å². The highest BCUT2D eigenvalue weighted by molar-refractivity contribution is 5.01. The zero-order valence-corrected chi connectivity index (χ0v) is 7.89. The number of hydrogen-bond donors (Lipinski definition) is 1. The average Bonchev–Trinajstić information content (AvgIpc) is 2.64. The van der Waals surface area contributed by atoms with Crippen molar-refractivity contribution in [1.29, 1.82) is 0 Å². The zero-order chi connectivity index (χ0) is 9.69. The lowest BCUT2D eigenvalue weighted by Crippen LogP contribution is -2.38. The lowest BCUT2D eigenvalue weighted by atomic mass is 9.74. The Hall–Kier alpha value is -0.180. The number of aliphatic hydroxyl groups is 1. The fraction of sp³-hybridized carbons (Fsp3) is 1.00. The molecule has 76 valence electrons. The van der Waals surface area contributed by atoms with Gasteiger partial charge in [-0.05, 0) is 37.5 Å². The van der Waals surface area contributed by atoms with E-state index in [1.165, 1.54) is 0 Å². The highest BCUT2D eigenvalue weighted by Crippen LogP contribution is 2.58. The summed E-state index contributed by atoms with van der Waals surface area (Å²) in [6, 6.07) is 0. The van der Waals surface area contributed by atoms with Crippen LogP contribution in [0.2, 0.25) is 0 Å². The second-order valence-electron chi connectivity index (χ2n) is 4.87. The molecular formula is C10H16F2O. The van der Waals surface area contributed by atoms with Gasteiger partial charge in [0.15, 0.2) is 0 Å². The van der Waals surface area contributed by atoms with Crippen LogP contribution in [0.1, 0.15) is 39.0 Å². The highest BCUT2D eigenvalue weighted by Gasteiger charge is 2.53. The Morgan fingerprint density at radius 2 is 1.92 bits per heavy atom. The van der Waals surface area contributed by atoms with Crippen molar-refractivity contribution in [3.8, 4) is 0 Å². The van der Waals surface area contributed by atoms with Crippen LogP contribution in [-0.4, -0.2) is 17.1 Å². The smallest absolute Gasteiger partial charge is 0.248 e. The largest absolute Gasteiger partial charge is 0.393 e. The van der Waals surface area contributed by atoms with Gasteiger partial charge >= 0.3 is 0 Å². The predicted octanol–water partition coefficient (Wildman–Crippen LogP) is 2.58. The van der Waals surface area contributed by atoms with E-state index in [-0.39, 0.29) is 30.3 Å². The molecule has 2 fully saturated rings. The number of hydrogen-bond acceptors (Lipinski definition) is 1. The van der Waals surface area contributed by atoms with Gasteiger partial charge < -0.3 is 5.11 Å². The molecule has 3 heteroatoms. The molecule has 1 nitrogen and oxygen atoms in total. The summed E-state index contributed by atoms with van der Waals surface area (Å²) in [5.41, 5.74) is 0.0150. The first-order valence-corrected chi connectivity index (χ1v) is 4.99. The first-order valence-electron chi connectivity index (χ1n) is 4.99. The SMILES string of the molecule is CC(O)C1(CC2CC(F)(F)C2)CC1. The molecule has 2 saturated carbocycles. The molecular weight excluding hydrogens is 174 g/mol. The van der Waals surface area contributed by atoms with Crippen molar-refractivity contribution in [2.24, 2.45) is 11.3 Å². The van der Waals surface area contributed by atoms with Crippen LogP contribution in [0.3, 0.4) is 0 Å². The van der Waals surface area contributed by atoms with Crippen molar-refractivity contribution >= 4 is 0 Å². The third-order valence-corrected chi connectivity index (χ3v) is 3.65. The monoisotopic (exact) mass is 190 g/mol. The van der Waals surface area contributed by atoms with Gasteiger partial charge in [-0.1, -0.05) is 0 Å². The second kappa shape index (κ2) is 2.66. The fourth-order valence-corrected chi connectivity index (χ4v) is 2.46. The van der Waals surface area contributed by atoms with Crippen LogP contribution in [0, 0.1) is 11.3 Å². The molecule has 1 unspecified atom stereocenters. The van der Waals surface area contributed by atoms with E-state index in [0.717, 1.165) is 19.3 Å². The maximum absolute atomic E-state index is 12.5. The van der Waals surface area contributed by atoms with Gasteiger partial charge in [0.1, 0.15) is 0 Å². The van der Waals surface area contributed by atoms with Crippen molar-refractivity contribution in [3.63, 3.8) is 0 Å². The Morgan fingerprint density at radius 1 is 1.38 bits per heavy atom. The summed E-state index contributed by atoms with van der Waals surface area (Å²) in [7, 11) is 0. The molecule has 0 bridgehead atoms. The summed E-state index contributed by atoms with van der Waals surface area (Å²) in [4.78, 5) is 0. The van der Waals surface area contributed by atoms with E-state index in [9.17, 15) is 13.9 Å². The van der Waals surface area contributed by atoms with Crippen LogP contribution < -0.4 is 0 Å². The van der Waals surface area contributed by atoms with Crippen molar-refractivity contribution < 1.29 is 13.9 Å². The maximum Gasteiger partial charge on any atom is 0.248 e. The van der Waals surface area contributed by atoms with Gasteiger partial charge in [-0.2, -0.15) is 0 Å². The molecule has 13 heavy (non-hydrogen) atoms. The van der Waals surface area contributed by atoms with E-state index in [1.807, 2.05) is 0 Å². The summed E-state index contributed by atoms with van der Waals surface area (Å²) in [6.07, 6.45) is 2.62. The molecule has 0 aromatic rings. The molecule has 0 spiro atoms. The molecule has 0 aromatic heterocycles. The number of halogens is 2. The third-order valence-electron chi connectivity index (χ3n) is 3.65. The Morgan fingerprint density at radius 3 is 2.23 bits per heavy atom. The minimum atomic E-state index is -2.40. The molecule has 0 radical (unpaired) electrons. The summed E-state index contributed by atoms with van der Waals surface area (Å²) in [5.74, 6) is -2.24. The normalized spacial score (nSPS) is 32.3. The lowest BCUT2D eigenvalue weighted by molar-refractivity contribution is -0.120. The zero-order valence-electron chi connectivity index (χ0n) is 7.89. The Labute approximate surface area is 77.1 Å². The Balaban J connectivity index is 1.81. The summed E-state index contributed by atoms with van der Waals surface area (Å²) >= 11 is 0. The number of aliphatic hydroxyl groups excluding tert-OH is 1. The molecule has 0 aromatic carbocycles. The van der Waals surface area contributed by atoms with Gasteiger partial charge in [-0.15, -0.1) is 0 Å². The van der Waals surface area contributed by atoms with Crippen LogP contribution in [0.4, 0.5) is 8.78 Å². The standard InChI is InChI=1S/C10H16F2O/c1-7(13)9(2-3-9)4-8-5-10(11,12)6-8/h7-8,13H,2-6H2,1H3. The van der Waals surface area contributed by atoms with Gasteiger partial charge in [-0.25, -0.2) is 8.78 Å². The minimum absolute atomic E-state index is 0.0150. The molecule has 0 amide bonds. The van der Waals surface area contributed by atoms with Crippen molar-refractivity contribution in [2.75, 3.05) is 0 Å². The topological polar surface area (TPSA) is 20.2 Å². The van der Waals surface area contributed by atoms with Crippen LogP contribution in [0.25, 0.3) is 0 Å². The average molecular weight is 190 g/mol. The van der Waals surface area contributed by atoms with Crippen molar-refractivity contribution in [1.82, 2.24) is 0 Å². The minimum Gasteiger partial charge on any atom is -0.393 e. The lowest BCUT2D eigenvalue weighted by Gasteiger charge is -2.37. The maximum atomic E-state index is 12.5. The van der Waals surface area contributed by atoms with E-state index in [2.05, 4.69) is 0 Å². The first-order chi connectivity index (χ1) is 5.94. The number of rotatable bonds is 3. The predicted molar refractivity (Wildman–Crippen MR) is 45.6 cm³/mol. The third kappa shape index (κ3) is 1.71. The second-order valence-corrected chi connectivity index (χ2v) is 4.87. The van der Waals surface area contributed by atoms with E-state index in [1.54, 1.807) is 6.92 Å². The summed E-state index contributed by atoms with van der Waals surface area (Å²) in [6.45, 7) is 1.78. The Kier molecular flexibility index (Phi) is 1.92. The number of alkyl halides is 2. The molecule has 2 aliphatic carbocycles.